The number of halogens is 3. The Balaban J connectivity index is 1.37. The van der Waals surface area contributed by atoms with Gasteiger partial charge in [0.2, 0.25) is 5.78 Å². The van der Waals surface area contributed by atoms with Crippen LogP contribution in [0.5, 0.6) is 11.5 Å². The molecule has 0 aromatic heterocycles. The number of rotatable bonds is 4. The first-order chi connectivity index (χ1) is 15.5. The van der Waals surface area contributed by atoms with E-state index in [9.17, 15) is 9.18 Å². The van der Waals surface area contributed by atoms with Gasteiger partial charge in [0, 0.05) is 28.7 Å². The molecule has 3 aromatic rings. The molecule has 0 radical (unpaired) electrons. The van der Waals surface area contributed by atoms with E-state index in [0.29, 0.717) is 52.5 Å². The molecule has 0 N–H and O–H groups in total. The van der Waals surface area contributed by atoms with E-state index in [1.165, 1.54) is 12.1 Å². The number of carbonyl (C=O) groups is 1. The van der Waals surface area contributed by atoms with Crippen LogP contribution in [0.15, 0.2) is 60.4 Å². The maximum absolute atomic E-state index is 14.0. The Kier molecular flexibility index (Phi) is 5.64. The topological polar surface area (TPSA) is 38.8 Å². The molecule has 0 unspecified atom stereocenters. The number of fused-ring (bicyclic) bond motifs is 3. The van der Waals surface area contributed by atoms with Gasteiger partial charge in [-0.15, -0.1) is 0 Å². The Hall–Kier alpha value is -2.86. The molecule has 0 aliphatic carbocycles. The number of nitrogens with zero attached hydrogens (tertiary/aromatic N) is 1. The van der Waals surface area contributed by atoms with Gasteiger partial charge in [-0.1, -0.05) is 47.5 Å². The molecule has 2 aliphatic heterocycles. The van der Waals surface area contributed by atoms with E-state index >= 15 is 0 Å². The van der Waals surface area contributed by atoms with Crippen molar-refractivity contribution < 1.29 is 18.7 Å². The van der Waals surface area contributed by atoms with E-state index in [1.807, 2.05) is 12.1 Å². The molecule has 0 saturated heterocycles. The highest BCUT2D eigenvalue weighted by Crippen LogP contribution is 2.42. The van der Waals surface area contributed by atoms with Crippen molar-refractivity contribution in [2.45, 2.75) is 13.0 Å². The summed E-state index contributed by atoms with van der Waals surface area (Å²) in [5.41, 5.74) is 2.57. The highest BCUT2D eigenvalue weighted by molar-refractivity contribution is 6.35. The average molecular weight is 470 g/mol. The third kappa shape index (κ3) is 3.99. The predicted octanol–water partition coefficient (Wildman–Crippen LogP) is 6.14. The number of Topliss-reactive ketones (excluding diaryl/α,β-unsaturated/α-hetero) is 1. The number of allylic oxidation sites excluding steroid dienone is 1. The fourth-order valence-electron chi connectivity index (χ4n) is 3.88. The van der Waals surface area contributed by atoms with Crippen LogP contribution in [0.4, 0.5) is 4.39 Å². The molecule has 0 amide bonds. The van der Waals surface area contributed by atoms with Gasteiger partial charge in [0.15, 0.2) is 5.76 Å². The molecular weight excluding hydrogens is 452 g/mol. The van der Waals surface area contributed by atoms with Gasteiger partial charge >= 0.3 is 0 Å². The number of hydrogen-bond donors (Lipinski definition) is 0. The lowest BCUT2D eigenvalue weighted by Crippen LogP contribution is -2.33. The second-order valence-electron chi connectivity index (χ2n) is 7.69. The lowest BCUT2D eigenvalue weighted by molar-refractivity contribution is 0.0950. The summed E-state index contributed by atoms with van der Waals surface area (Å²) in [5, 5.41) is 1.24. The van der Waals surface area contributed by atoms with Crippen LogP contribution in [0.25, 0.3) is 6.08 Å². The Labute approximate surface area is 194 Å². The maximum atomic E-state index is 14.0. The zero-order valence-corrected chi connectivity index (χ0v) is 18.4. The highest BCUT2D eigenvalue weighted by atomic mass is 35.5. The molecular formula is C25H18Cl2FNO3. The van der Waals surface area contributed by atoms with Gasteiger partial charge in [-0.3, -0.25) is 9.69 Å². The summed E-state index contributed by atoms with van der Waals surface area (Å²) >= 11 is 12.3. The molecule has 0 saturated carbocycles. The number of ketones is 1. The van der Waals surface area contributed by atoms with Crippen LogP contribution in [0.2, 0.25) is 10.0 Å². The van der Waals surface area contributed by atoms with Crippen molar-refractivity contribution >= 4 is 35.1 Å². The SMILES string of the molecule is O=C1/C(=C/c2ccccc2F)Oc2c1ccc1c2CN(CCc2ccc(Cl)cc2Cl)CO1. The van der Waals surface area contributed by atoms with E-state index in [-0.39, 0.29) is 11.5 Å². The summed E-state index contributed by atoms with van der Waals surface area (Å²) in [4.78, 5) is 15.0. The molecule has 162 valence electrons. The van der Waals surface area contributed by atoms with Gasteiger partial charge in [-0.2, -0.15) is 0 Å². The molecule has 3 aromatic carbocycles. The van der Waals surface area contributed by atoms with Crippen molar-refractivity contribution in [3.8, 4) is 11.5 Å². The smallest absolute Gasteiger partial charge is 0.231 e. The normalized spacial score (nSPS) is 16.5. The molecule has 32 heavy (non-hydrogen) atoms. The third-order valence-electron chi connectivity index (χ3n) is 5.59. The van der Waals surface area contributed by atoms with Crippen LogP contribution in [-0.2, 0) is 13.0 Å². The lowest BCUT2D eigenvalue weighted by atomic mass is 10.0. The van der Waals surface area contributed by atoms with Crippen molar-refractivity contribution in [1.82, 2.24) is 4.90 Å². The van der Waals surface area contributed by atoms with Gasteiger partial charge < -0.3 is 9.47 Å². The van der Waals surface area contributed by atoms with Crippen LogP contribution in [0.3, 0.4) is 0 Å². The number of hydrogen-bond acceptors (Lipinski definition) is 4. The van der Waals surface area contributed by atoms with E-state index in [0.717, 1.165) is 17.5 Å². The van der Waals surface area contributed by atoms with Crippen LogP contribution in [-0.4, -0.2) is 24.0 Å². The lowest BCUT2D eigenvalue weighted by Gasteiger charge is -2.29. The second-order valence-corrected chi connectivity index (χ2v) is 8.54. The highest BCUT2D eigenvalue weighted by Gasteiger charge is 2.33. The summed E-state index contributed by atoms with van der Waals surface area (Å²) in [6.45, 7) is 1.68. The van der Waals surface area contributed by atoms with E-state index in [1.54, 1.807) is 36.4 Å². The molecule has 2 aliphatic rings. The molecule has 0 bridgehead atoms. The van der Waals surface area contributed by atoms with Gasteiger partial charge in [0.1, 0.15) is 24.0 Å². The van der Waals surface area contributed by atoms with E-state index < -0.39 is 5.82 Å². The minimum Gasteiger partial charge on any atom is -0.478 e. The molecule has 2 heterocycles. The molecule has 0 atom stereocenters. The maximum Gasteiger partial charge on any atom is 0.231 e. The van der Waals surface area contributed by atoms with Crippen molar-refractivity contribution in [3.63, 3.8) is 0 Å². The van der Waals surface area contributed by atoms with Crippen LogP contribution in [0, 0.1) is 5.82 Å². The summed E-state index contributed by atoms with van der Waals surface area (Å²) in [6.07, 6.45) is 2.16. The molecule has 0 fully saturated rings. The predicted molar refractivity (Wildman–Crippen MR) is 122 cm³/mol. The molecule has 0 spiro atoms. The minimum atomic E-state index is -0.412. The number of ether oxygens (including phenoxy) is 2. The summed E-state index contributed by atoms with van der Waals surface area (Å²) in [6, 6.07) is 15.2. The fourth-order valence-corrected chi connectivity index (χ4v) is 4.39. The Morgan fingerprint density at radius 3 is 2.75 bits per heavy atom. The van der Waals surface area contributed by atoms with Gasteiger partial charge in [-0.05, 0) is 48.4 Å². The minimum absolute atomic E-state index is 0.101. The van der Waals surface area contributed by atoms with Gasteiger partial charge in [-0.25, -0.2) is 4.39 Å². The van der Waals surface area contributed by atoms with Crippen LogP contribution >= 0.6 is 23.2 Å². The van der Waals surface area contributed by atoms with Gasteiger partial charge in [0.25, 0.3) is 0 Å². The molecule has 7 heteroatoms. The number of benzene rings is 3. The Morgan fingerprint density at radius 1 is 1.09 bits per heavy atom. The number of carbonyl (C=O) groups excluding carboxylic acids is 1. The van der Waals surface area contributed by atoms with Crippen LogP contribution < -0.4 is 9.47 Å². The third-order valence-corrected chi connectivity index (χ3v) is 6.17. The van der Waals surface area contributed by atoms with Crippen molar-refractivity contribution in [1.29, 1.82) is 0 Å². The Bertz CT molecular complexity index is 1260. The standard InChI is InChI=1S/C25H18Cl2FNO3/c26-17-6-5-15(20(27)12-17)9-10-29-13-19-22(31-14-29)8-7-18-24(30)23(32-25(18)19)11-16-3-1-2-4-21(16)28/h1-8,11-12H,9-10,13-14H2/b23-11-. The van der Waals surface area contributed by atoms with Crippen molar-refractivity contribution in [2.75, 3.05) is 13.3 Å². The van der Waals surface area contributed by atoms with Crippen LogP contribution in [0.1, 0.15) is 27.0 Å². The fraction of sp³-hybridized carbons (Fsp3) is 0.160. The zero-order valence-electron chi connectivity index (χ0n) is 16.9. The van der Waals surface area contributed by atoms with E-state index in [4.69, 9.17) is 32.7 Å². The second kappa shape index (κ2) is 8.58. The zero-order chi connectivity index (χ0) is 22.2. The quantitative estimate of drug-likeness (QED) is 0.430. The van der Waals surface area contributed by atoms with Crippen molar-refractivity contribution in [3.05, 3.63) is 98.5 Å². The van der Waals surface area contributed by atoms with Crippen molar-refractivity contribution in [2.24, 2.45) is 0 Å². The van der Waals surface area contributed by atoms with Gasteiger partial charge in [0.05, 0.1) is 11.1 Å². The first kappa shape index (κ1) is 21.0. The molecule has 4 nitrogen and oxygen atoms in total. The summed E-state index contributed by atoms with van der Waals surface area (Å²) in [7, 11) is 0. The largest absolute Gasteiger partial charge is 0.478 e. The first-order valence-corrected chi connectivity index (χ1v) is 10.9. The molecule has 5 rings (SSSR count). The first-order valence-electron chi connectivity index (χ1n) is 10.1. The summed E-state index contributed by atoms with van der Waals surface area (Å²) < 4.78 is 25.9. The monoisotopic (exact) mass is 469 g/mol. The summed E-state index contributed by atoms with van der Waals surface area (Å²) in [5.74, 6) is 0.582. The average Bonchev–Trinajstić information content (AvgIpc) is 3.10. The van der Waals surface area contributed by atoms with E-state index in [2.05, 4.69) is 4.90 Å². The Morgan fingerprint density at radius 2 is 1.94 bits per heavy atom.